The zero-order valence-corrected chi connectivity index (χ0v) is 11.9. The quantitative estimate of drug-likeness (QED) is 0.833. The lowest BCUT2D eigenvalue weighted by atomic mass is 10.0. The zero-order valence-electron chi connectivity index (χ0n) is 11.9. The van der Waals surface area contributed by atoms with Crippen LogP contribution in [-0.4, -0.2) is 6.54 Å². The Morgan fingerprint density at radius 1 is 1.15 bits per heavy atom. The van der Waals surface area contributed by atoms with E-state index in [2.05, 4.69) is 43.4 Å². The summed E-state index contributed by atoms with van der Waals surface area (Å²) in [7, 11) is 0. The smallest absolute Gasteiger partial charge is 0.0992 e. The van der Waals surface area contributed by atoms with Crippen LogP contribution in [0.4, 0.5) is 11.4 Å². The molecule has 0 aliphatic heterocycles. The molecule has 0 saturated heterocycles. The summed E-state index contributed by atoms with van der Waals surface area (Å²) < 4.78 is 0. The molecular weight excluding hydrogens is 246 g/mol. The molecule has 0 unspecified atom stereocenters. The molecular formula is C17H19N3. The van der Waals surface area contributed by atoms with Gasteiger partial charge in [0.2, 0.25) is 0 Å². The molecule has 0 aromatic heterocycles. The number of nitrogens with two attached hydrogens (primary N) is 1. The third-order valence-electron chi connectivity index (χ3n) is 3.39. The summed E-state index contributed by atoms with van der Waals surface area (Å²) in [4.78, 5) is 0. The SMILES string of the molecule is Cc1ccc(CCNc2cc(C#N)ccc2N)c(C)c1. The largest absolute Gasteiger partial charge is 0.397 e. The average Bonchev–Trinajstić information content (AvgIpc) is 2.43. The van der Waals surface area contributed by atoms with Gasteiger partial charge in [0.05, 0.1) is 23.0 Å². The topological polar surface area (TPSA) is 61.8 Å². The van der Waals surface area contributed by atoms with Crippen molar-refractivity contribution in [2.45, 2.75) is 20.3 Å². The summed E-state index contributed by atoms with van der Waals surface area (Å²) in [6.45, 7) is 5.03. The van der Waals surface area contributed by atoms with E-state index in [1.807, 2.05) is 0 Å². The Bertz CT molecular complexity index is 654. The number of aryl methyl sites for hydroxylation is 2. The summed E-state index contributed by atoms with van der Waals surface area (Å²) in [6.07, 6.45) is 0.933. The van der Waals surface area contributed by atoms with Crippen molar-refractivity contribution in [1.82, 2.24) is 0 Å². The molecule has 0 bridgehead atoms. The van der Waals surface area contributed by atoms with Crippen LogP contribution in [0.2, 0.25) is 0 Å². The lowest BCUT2D eigenvalue weighted by molar-refractivity contribution is 1.00. The molecule has 0 radical (unpaired) electrons. The highest BCUT2D eigenvalue weighted by Gasteiger charge is 2.02. The summed E-state index contributed by atoms with van der Waals surface area (Å²) in [6, 6.07) is 13.9. The Morgan fingerprint density at radius 3 is 2.65 bits per heavy atom. The predicted octanol–water partition coefficient (Wildman–Crippen LogP) is 3.41. The monoisotopic (exact) mass is 265 g/mol. The lowest BCUT2D eigenvalue weighted by Crippen LogP contribution is -2.08. The Labute approximate surface area is 120 Å². The van der Waals surface area contributed by atoms with Crippen molar-refractivity contribution in [2.24, 2.45) is 0 Å². The fourth-order valence-corrected chi connectivity index (χ4v) is 2.24. The highest BCUT2D eigenvalue weighted by Crippen LogP contribution is 2.20. The van der Waals surface area contributed by atoms with E-state index in [9.17, 15) is 0 Å². The number of nitrogens with zero attached hydrogens (tertiary/aromatic N) is 1. The number of nitriles is 1. The van der Waals surface area contributed by atoms with E-state index in [4.69, 9.17) is 11.0 Å². The van der Waals surface area contributed by atoms with Crippen LogP contribution in [0.5, 0.6) is 0 Å². The van der Waals surface area contributed by atoms with E-state index in [0.29, 0.717) is 11.3 Å². The molecule has 2 aromatic carbocycles. The lowest BCUT2D eigenvalue weighted by Gasteiger charge is -2.11. The molecule has 0 aliphatic rings. The van der Waals surface area contributed by atoms with Gasteiger partial charge in [-0.2, -0.15) is 5.26 Å². The maximum absolute atomic E-state index is 8.90. The van der Waals surface area contributed by atoms with Gasteiger partial charge < -0.3 is 11.1 Å². The second-order valence-electron chi connectivity index (χ2n) is 5.02. The van der Waals surface area contributed by atoms with Gasteiger partial charge in [-0.3, -0.25) is 0 Å². The normalized spacial score (nSPS) is 10.1. The molecule has 20 heavy (non-hydrogen) atoms. The minimum atomic E-state index is 0.619. The number of hydrogen-bond donors (Lipinski definition) is 2. The first-order valence-corrected chi connectivity index (χ1v) is 6.70. The van der Waals surface area contributed by atoms with Crippen LogP contribution in [0.1, 0.15) is 22.3 Å². The number of hydrogen-bond acceptors (Lipinski definition) is 3. The van der Waals surface area contributed by atoms with Crippen molar-refractivity contribution in [3.8, 4) is 6.07 Å². The van der Waals surface area contributed by atoms with Crippen LogP contribution in [0.15, 0.2) is 36.4 Å². The fourth-order valence-electron chi connectivity index (χ4n) is 2.24. The Kier molecular flexibility index (Phi) is 4.27. The van der Waals surface area contributed by atoms with E-state index < -0.39 is 0 Å². The number of nitrogen functional groups attached to an aromatic ring is 1. The van der Waals surface area contributed by atoms with Gasteiger partial charge in [0.25, 0.3) is 0 Å². The minimum Gasteiger partial charge on any atom is -0.397 e. The van der Waals surface area contributed by atoms with Crippen molar-refractivity contribution in [3.63, 3.8) is 0 Å². The Hall–Kier alpha value is -2.47. The second-order valence-corrected chi connectivity index (χ2v) is 5.02. The van der Waals surface area contributed by atoms with Crippen LogP contribution in [0.3, 0.4) is 0 Å². The summed E-state index contributed by atoms with van der Waals surface area (Å²) in [5.74, 6) is 0. The second kappa shape index (κ2) is 6.12. The van der Waals surface area contributed by atoms with Crippen LogP contribution in [0, 0.1) is 25.2 Å². The number of benzene rings is 2. The Balaban J connectivity index is 2.01. The summed E-state index contributed by atoms with van der Waals surface area (Å²) >= 11 is 0. The van der Waals surface area contributed by atoms with Gasteiger partial charge >= 0.3 is 0 Å². The van der Waals surface area contributed by atoms with E-state index in [1.165, 1.54) is 16.7 Å². The molecule has 0 spiro atoms. The van der Waals surface area contributed by atoms with Gasteiger partial charge in [-0.15, -0.1) is 0 Å². The Morgan fingerprint density at radius 2 is 1.95 bits per heavy atom. The molecule has 0 aliphatic carbocycles. The maximum Gasteiger partial charge on any atom is 0.0992 e. The third kappa shape index (κ3) is 3.30. The van der Waals surface area contributed by atoms with E-state index >= 15 is 0 Å². The highest BCUT2D eigenvalue weighted by atomic mass is 14.9. The van der Waals surface area contributed by atoms with Crippen molar-refractivity contribution in [3.05, 3.63) is 58.7 Å². The standard InChI is InChI=1S/C17H19N3/c1-12-3-5-15(13(2)9-12)7-8-20-17-10-14(11-18)4-6-16(17)19/h3-6,9-10,20H,7-8,19H2,1-2H3. The minimum absolute atomic E-state index is 0.619. The van der Waals surface area contributed by atoms with Crippen molar-refractivity contribution in [2.75, 3.05) is 17.6 Å². The average molecular weight is 265 g/mol. The number of nitrogens with one attached hydrogen (secondary N) is 1. The molecule has 0 heterocycles. The van der Waals surface area contributed by atoms with Gasteiger partial charge in [0.1, 0.15) is 0 Å². The molecule has 3 nitrogen and oxygen atoms in total. The van der Waals surface area contributed by atoms with Crippen LogP contribution in [0.25, 0.3) is 0 Å². The van der Waals surface area contributed by atoms with Crippen LogP contribution in [-0.2, 0) is 6.42 Å². The number of rotatable bonds is 4. The fraction of sp³-hybridized carbons (Fsp3) is 0.235. The van der Waals surface area contributed by atoms with Crippen LogP contribution >= 0.6 is 0 Å². The molecule has 2 aromatic rings. The predicted molar refractivity (Wildman–Crippen MR) is 83.7 cm³/mol. The number of anilines is 2. The molecule has 2 rings (SSSR count). The van der Waals surface area contributed by atoms with Gasteiger partial charge in [-0.25, -0.2) is 0 Å². The molecule has 0 atom stereocenters. The molecule has 102 valence electrons. The van der Waals surface area contributed by atoms with Gasteiger partial charge in [-0.05, 0) is 49.6 Å². The summed E-state index contributed by atoms with van der Waals surface area (Å²) in [5, 5.41) is 12.2. The first kappa shape index (κ1) is 14.0. The molecule has 0 amide bonds. The molecule has 0 saturated carbocycles. The zero-order chi connectivity index (χ0) is 14.5. The van der Waals surface area contributed by atoms with Gasteiger partial charge in [0, 0.05) is 6.54 Å². The van der Waals surface area contributed by atoms with Crippen molar-refractivity contribution < 1.29 is 0 Å². The van der Waals surface area contributed by atoms with Crippen LogP contribution < -0.4 is 11.1 Å². The molecule has 3 N–H and O–H groups in total. The van der Waals surface area contributed by atoms with Crippen molar-refractivity contribution >= 4 is 11.4 Å². The van der Waals surface area contributed by atoms with E-state index in [1.54, 1.807) is 18.2 Å². The first-order chi connectivity index (χ1) is 9.60. The summed E-state index contributed by atoms with van der Waals surface area (Å²) in [5.41, 5.74) is 11.9. The molecule has 0 fully saturated rings. The first-order valence-electron chi connectivity index (χ1n) is 6.70. The van der Waals surface area contributed by atoms with E-state index in [0.717, 1.165) is 18.7 Å². The van der Waals surface area contributed by atoms with Gasteiger partial charge in [0.15, 0.2) is 0 Å². The van der Waals surface area contributed by atoms with E-state index in [-0.39, 0.29) is 0 Å². The van der Waals surface area contributed by atoms with Gasteiger partial charge in [-0.1, -0.05) is 23.8 Å². The maximum atomic E-state index is 8.90. The highest BCUT2D eigenvalue weighted by molar-refractivity contribution is 5.68. The third-order valence-corrected chi connectivity index (χ3v) is 3.39. The van der Waals surface area contributed by atoms with Crippen molar-refractivity contribution in [1.29, 1.82) is 5.26 Å². The molecule has 3 heteroatoms.